The van der Waals surface area contributed by atoms with Crippen molar-refractivity contribution in [2.45, 2.75) is 44.9 Å². The van der Waals surface area contributed by atoms with Crippen LogP contribution in [0.15, 0.2) is 29.2 Å². The smallest absolute Gasteiger partial charge is 0.115 e. The van der Waals surface area contributed by atoms with E-state index in [0.29, 0.717) is 11.2 Å². The summed E-state index contributed by atoms with van der Waals surface area (Å²) in [6, 6.07) is 6.08. The van der Waals surface area contributed by atoms with Crippen LogP contribution in [0.1, 0.15) is 49.7 Å². The number of phenolic OH excluding ortho intramolecular Hbond substituents is 1. The minimum absolute atomic E-state index is 0.431. The van der Waals surface area contributed by atoms with E-state index < -0.39 is 0 Å². The second-order valence-corrected chi connectivity index (χ2v) is 8.11. The summed E-state index contributed by atoms with van der Waals surface area (Å²) in [7, 11) is 0. The zero-order chi connectivity index (χ0) is 14.6. The molecule has 1 aromatic carbocycles. The summed E-state index contributed by atoms with van der Waals surface area (Å²) < 4.78 is 0. The van der Waals surface area contributed by atoms with E-state index >= 15 is 0 Å². The van der Waals surface area contributed by atoms with E-state index in [1.165, 1.54) is 36.8 Å². The second-order valence-electron chi connectivity index (χ2n) is 7.26. The molecule has 2 heteroatoms. The Hall–Kier alpha value is -0.890. The molecule has 0 spiro atoms. The SMILES string of the molecule is CSC1=CCC2C3CCc4cc(O)ccc4C3CCC12C. The van der Waals surface area contributed by atoms with Crippen LogP contribution in [0, 0.1) is 17.3 Å². The fourth-order valence-corrected chi connectivity index (χ4v) is 6.40. The molecule has 4 atom stereocenters. The van der Waals surface area contributed by atoms with Gasteiger partial charge in [-0.1, -0.05) is 19.1 Å². The van der Waals surface area contributed by atoms with Gasteiger partial charge in [-0.25, -0.2) is 0 Å². The number of allylic oxidation sites excluding steroid dienone is 2. The van der Waals surface area contributed by atoms with E-state index in [1.54, 1.807) is 4.91 Å². The van der Waals surface area contributed by atoms with Gasteiger partial charge in [-0.3, -0.25) is 0 Å². The first-order valence-electron chi connectivity index (χ1n) is 8.20. The topological polar surface area (TPSA) is 20.2 Å². The Morgan fingerprint density at radius 3 is 2.95 bits per heavy atom. The molecule has 1 nitrogen and oxygen atoms in total. The van der Waals surface area contributed by atoms with Crippen molar-refractivity contribution in [3.63, 3.8) is 0 Å². The minimum Gasteiger partial charge on any atom is -0.508 e. The van der Waals surface area contributed by atoms with Crippen molar-refractivity contribution in [3.8, 4) is 5.75 Å². The molecule has 21 heavy (non-hydrogen) atoms. The number of hydrogen-bond donors (Lipinski definition) is 1. The van der Waals surface area contributed by atoms with E-state index in [1.807, 2.05) is 23.9 Å². The Labute approximate surface area is 131 Å². The number of benzene rings is 1. The van der Waals surface area contributed by atoms with Crippen molar-refractivity contribution in [2.75, 3.05) is 6.26 Å². The van der Waals surface area contributed by atoms with Gasteiger partial charge in [0, 0.05) is 5.41 Å². The van der Waals surface area contributed by atoms with Crippen molar-refractivity contribution >= 4 is 11.8 Å². The largest absolute Gasteiger partial charge is 0.508 e. The summed E-state index contributed by atoms with van der Waals surface area (Å²) in [4.78, 5) is 1.64. The number of fused-ring (bicyclic) bond motifs is 5. The molecule has 0 bridgehead atoms. The molecule has 3 aliphatic carbocycles. The molecular formula is C19H24OS. The summed E-state index contributed by atoms with van der Waals surface area (Å²) in [5.41, 5.74) is 3.37. The predicted molar refractivity (Wildman–Crippen MR) is 89.7 cm³/mol. The average molecular weight is 300 g/mol. The van der Waals surface area contributed by atoms with Gasteiger partial charge in [-0.2, -0.15) is 0 Å². The van der Waals surface area contributed by atoms with Gasteiger partial charge in [0.05, 0.1) is 0 Å². The summed E-state index contributed by atoms with van der Waals surface area (Å²) in [5.74, 6) is 2.82. The van der Waals surface area contributed by atoms with Crippen LogP contribution < -0.4 is 0 Å². The molecule has 0 heterocycles. The summed E-state index contributed by atoms with van der Waals surface area (Å²) in [5, 5.41) is 9.73. The number of phenols is 1. The molecule has 1 fully saturated rings. The first-order valence-corrected chi connectivity index (χ1v) is 9.42. The number of aryl methyl sites for hydroxylation is 1. The standard InChI is InChI=1S/C19H24OS/c1-19-10-9-15-14-6-4-13(20)11-12(14)3-5-16(15)17(19)7-8-18(19)21-2/h4,6,8,11,15-17,20H,3,5,7,9-10H2,1-2H3. The number of rotatable bonds is 1. The monoisotopic (exact) mass is 300 g/mol. The molecule has 4 rings (SSSR count). The van der Waals surface area contributed by atoms with Crippen molar-refractivity contribution in [2.24, 2.45) is 17.3 Å². The highest BCUT2D eigenvalue weighted by atomic mass is 32.2. The van der Waals surface area contributed by atoms with Gasteiger partial charge in [0.1, 0.15) is 5.75 Å². The lowest BCUT2D eigenvalue weighted by Crippen LogP contribution is -2.40. The lowest BCUT2D eigenvalue weighted by Gasteiger charge is -2.50. The maximum atomic E-state index is 9.73. The molecule has 112 valence electrons. The minimum atomic E-state index is 0.431. The molecule has 0 radical (unpaired) electrons. The Morgan fingerprint density at radius 2 is 2.14 bits per heavy atom. The van der Waals surface area contributed by atoms with Crippen LogP contribution in [0.5, 0.6) is 5.75 Å². The summed E-state index contributed by atoms with van der Waals surface area (Å²) in [6.45, 7) is 2.51. The first-order chi connectivity index (χ1) is 10.1. The first kappa shape index (κ1) is 13.8. The van der Waals surface area contributed by atoms with E-state index in [2.05, 4.69) is 25.3 Å². The Balaban J connectivity index is 1.69. The van der Waals surface area contributed by atoms with Crippen LogP contribution in [-0.2, 0) is 6.42 Å². The predicted octanol–water partition coefficient (Wildman–Crippen LogP) is 5.11. The number of aromatic hydroxyl groups is 1. The Morgan fingerprint density at radius 1 is 1.29 bits per heavy atom. The molecule has 1 aromatic rings. The molecule has 1 N–H and O–H groups in total. The highest BCUT2D eigenvalue weighted by molar-refractivity contribution is 8.02. The molecule has 0 saturated heterocycles. The van der Waals surface area contributed by atoms with Crippen LogP contribution in [0.3, 0.4) is 0 Å². The highest BCUT2D eigenvalue weighted by Crippen LogP contribution is 2.62. The van der Waals surface area contributed by atoms with Crippen LogP contribution in [-0.4, -0.2) is 11.4 Å². The molecular weight excluding hydrogens is 276 g/mol. The van der Waals surface area contributed by atoms with Gasteiger partial charge in [-0.15, -0.1) is 11.8 Å². The molecule has 4 unspecified atom stereocenters. The summed E-state index contributed by atoms with van der Waals surface area (Å²) >= 11 is 1.97. The maximum absolute atomic E-state index is 9.73. The number of thioether (sulfide) groups is 1. The van der Waals surface area contributed by atoms with Crippen molar-refractivity contribution in [1.29, 1.82) is 0 Å². The fourth-order valence-electron chi connectivity index (χ4n) is 5.41. The van der Waals surface area contributed by atoms with Crippen molar-refractivity contribution < 1.29 is 5.11 Å². The van der Waals surface area contributed by atoms with E-state index in [-0.39, 0.29) is 0 Å². The quantitative estimate of drug-likeness (QED) is 0.778. The van der Waals surface area contributed by atoms with Crippen LogP contribution in [0.2, 0.25) is 0 Å². The van der Waals surface area contributed by atoms with Crippen LogP contribution in [0.4, 0.5) is 0 Å². The van der Waals surface area contributed by atoms with Crippen molar-refractivity contribution in [1.82, 2.24) is 0 Å². The number of hydrogen-bond acceptors (Lipinski definition) is 2. The van der Waals surface area contributed by atoms with Gasteiger partial charge < -0.3 is 5.11 Å². The third kappa shape index (κ3) is 1.91. The zero-order valence-corrected chi connectivity index (χ0v) is 13.7. The zero-order valence-electron chi connectivity index (χ0n) is 12.9. The van der Waals surface area contributed by atoms with Gasteiger partial charge in [0.25, 0.3) is 0 Å². The van der Waals surface area contributed by atoms with E-state index in [4.69, 9.17) is 0 Å². The third-order valence-electron chi connectivity index (χ3n) is 6.44. The third-order valence-corrected chi connectivity index (χ3v) is 7.51. The van der Waals surface area contributed by atoms with Gasteiger partial charge in [-0.05, 0) is 84.3 Å². The van der Waals surface area contributed by atoms with Crippen LogP contribution >= 0.6 is 11.8 Å². The lowest BCUT2D eigenvalue weighted by atomic mass is 9.55. The molecule has 1 saturated carbocycles. The molecule has 0 amide bonds. The van der Waals surface area contributed by atoms with E-state index in [9.17, 15) is 5.11 Å². The fraction of sp³-hybridized carbons (Fsp3) is 0.579. The maximum Gasteiger partial charge on any atom is 0.115 e. The van der Waals surface area contributed by atoms with Gasteiger partial charge in [0.2, 0.25) is 0 Å². The van der Waals surface area contributed by atoms with E-state index in [0.717, 1.165) is 24.2 Å². The normalized spacial score (nSPS) is 37.4. The average Bonchev–Trinajstić information content (AvgIpc) is 2.83. The lowest BCUT2D eigenvalue weighted by molar-refractivity contribution is 0.0804. The Kier molecular flexibility index (Phi) is 3.15. The second kappa shape index (κ2) is 4.81. The molecule has 3 aliphatic rings. The molecule has 0 aromatic heterocycles. The van der Waals surface area contributed by atoms with Gasteiger partial charge in [0.15, 0.2) is 0 Å². The van der Waals surface area contributed by atoms with Crippen molar-refractivity contribution in [3.05, 3.63) is 40.3 Å². The molecule has 0 aliphatic heterocycles. The Bertz CT molecular complexity index is 606. The summed E-state index contributed by atoms with van der Waals surface area (Å²) in [6.07, 6.45) is 11.1. The van der Waals surface area contributed by atoms with Gasteiger partial charge >= 0.3 is 0 Å². The highest BCUT2D eigenvalue weighted by Gasteiger charge is 2.51. The van der Waals surface area contributed by atoms with Crippen LogP contribution in [0.25, 0.3) is 0 Å².